The molecule has 1 aromatic heterocycles. The summed E-state index contributed by atoms with van der Waals surface area (Å²) in [5.74, 6) is 0. The minimum atomic E-state index is -4.50. The Morgan fingerprint density at radius 2 is 1.61 bits per heavy atom. The van der Waals surface area contributed by atoms with Crippen molar-refractivity contribution in [2.75, 3.05) is 24.5 Å². The van der Waals surface area contributed by atoms with Crippen LogP contribution in [-0.4, -0.2) is 47.8 Å². The van der Waals surface area contributed by atoms with Gasteiger partial charge < -0.3 is 4.90 Å². The number of alkyl halides is 6. The third-order valence-electron chi connectivity index (χ3n) is 4.40. The summed E-state index contributed by atoms with van der Waals surface area (Å²) in [7, 11) is 0. The average Bonchev–Trinajstić information content (AvgIpc) is 2.68. The molecule has 0 aliphatic carbocycles. The molecule has 0 amide bonds. The number of halogens is 6. The Morgan fingerprint density at radius 3 is 2.04 bits per heavy atom. The van der Waals surface area contributed by atoms with E-state index in [1.807, 2.05) is 4.90 Å². The molecule has 2 aliphatic rings. The summed E-state index contributed by atoms with van der Waals surface area (Å²) >= 11 is 0. The second kappa shape index (κ2) is 5.54. The van der Waals surface area contributed by atoms with Crippen LogP contribution >= 0.6 is 0 Å². The number of rotatable bonds is 2. The maximum Gasteiger partial charge on any atom is 0.433 e. The molecule has 2 unspecified atom stereocenters. The Balaban J connectivity index is 1.71. The van der Waals surface area contributed by atoms with E-state index in [0.29, 0.717) is 31.6 Å². The lowest BCUT2D eigenvalue weighted by molar-refractivity contribution is -0.153. The fraction of sp³-hybridized carbons (Fsp3) is 0.643. The lowest BCUT2D eigenvalue weighted by atomic mass is 10.1. The van der Waals surface area contributed by atoms with Crippen LogP contribution in [0.4, 0.5) is 32.0 Å². The summed E-state index contributed by atoms with van der Waals surface area (Å²) in [5, 5.41) is 0. The highest BCUT2D eigenvalue weighted by molar-refractivity contribution is 5.46. The normalized spacial score (nSPS) is 25.9. The van der Waals surface area contributed by atoms with Gasteiger partial charge in [0.2, 0.25) is 0 Å². The molecule has 2 atom stereocenters. The highest BCUT2D eigenvalue weighted by atomic mass is 19.4. The number of hydrogen-bond donors (Lipinski definition) is 0. The molecule has 3 heterocycles. The van der Waals surface area contributed by atoms with Crippen LogP contribution in [0.3, 0.4) is 0 Å². The van der Waals surface area contributed by atoms with E-state index in [4.69, 9.17) is 0 Å². The molecule has 0 N–H and O–H groups in total. The van der Waals surface area contributed by atoms with Crippen LogP contribution in [0.25, 0.3) is 0 Å². The zero-order valence-corrected chi connectivity index (χ0v) is 12.0. The van der Waals surface area contributed by atoms with Gasteiger partial charge >= 0.3 is 12.4 Å². The van der Waals surface area contributed by atoms with Crippen molar-refractivity contribution >= 4 is 5.69 Å². The van der Waals surface area contributed by atoms with E-state index in [-0.39, 0.29) is 12.1 Å². The minimum absolute atomic E-state index is 0.224. The zero-order valence-electron chi connectivity index (χ0n) is 12.0. The molecule has 1 aromatic rings. The molecule has 0 radical (unpaired) electrons. The molecule has 128 valence electrons. The smallest absolute Gasteiger partial charge is 0.367 e. The lowest BCUT2D eigenvalue weighted by Gasteiger charge is -2.42. The number of nitrogens with zero attached hydrogens (tertiary/aromatic N) is 3. The van der Waals surface area contributed by atoms with Gasteiger partial charge in [0, 0.05) is 25.2 Å². The largest absolute Gasteiger partial charge is 0.433 e. The molecule has 2 fully saturated rings. The van der Waals surface area contributed by atoms with Gasteiger partial charge in [0.15, 0.2) is 0 Å². The van der Waals surface area contributed by atoms with Gasteiger partial charge in [-0.25, -0.2) is 4.98 Å². The van der Waals surface area contributed by atoms with Gasteiger partial charge in [-0.3, -0.25) is 4.90 Å². The third-order valence-corrected chi connectivity index (χ3v) is 4.40. The molecule has 3 nitrogen and oxygen atoms in total. The molecule has 3 rings (SSSR count). The highest BCUT2D eigenvalue weighted by Gasteiger charge is 2.45. The van der Waals surface area contributed by atoms with E-state index >= 15 is 0 Å². The fourth-order valence-electron chi connectivity index (χ4n) is 3.41. The Labute approximate surface area is 128 Å². The van der Waals surface area contributed by atoms with Crippen molar-refractivity contribution in [3.05, 3.63) is 24.0 Å². The molecule has 2 saturated heterocycles. The van der Waals surface area contributed by atoms with Crippen LogP contribution in [0.2, 0.25) is 0 Å². The van der Waals surface area contributed by atoms with Crippen molar-refractivity contribution in [3.63, 3.8) is 0 Å². The summed E-state index contributed by atoms with van der Waals surface area (Å²) < 4.78 is 75.4. The van der Waals surface area contributed by atoms with E-state index in [1.165, 1.54) is 11.0 Å². The summed E-state index contributed by atoms with van der Waals surface area (Å²) in [6.45, 7) is -0.180. The Morgan fingerprint density at radius 1 is 1.00 bits per heavy atom. The van der Waals surface area contributed by atoms with Gasteiger partial charge in [-0.05, 0) is 25.0 Å². The predicted octanol–water partition coefficient (Wildman–Crippen LogP) is 3.32. The molecule has 2 aliphatic heterocycles. The predicted molar refractivity (Wildman–Crippen MR) is 71.0 cm³/mol. The van der Waals surface area contributed by atoms with Crippen LogP contribution in [0.15, 0.2) is 18.3 Å². The maximum absolute atomic E-state index is 12.6. The van der Waals surface area contributed by atoms with Gasteiger partial charge in [-0.15, -0.1) is 0 Å². The molecule has 0 aromatic carbocycles. The summed E-state index contributed by atoms with van der Waals surface area (Å²) in [6, 6.07) is 1.78. The Bertz CT molecular complexity index is 539. The van der Waals surface area contributed by atoms with E-state index in [9.17, 15) is 26.3 Å². The van der Waals surface area contributed by atoms with Crippen molar-refractivity contribution in [2.45, 2.75) is 37.3 Å². The first-order valence-electron chi connectivity index (χ1n) is 7.24. The van der Waals surface area contributed by atoms with E-state index in [1.54, 1.807) is 0 Å². The van der Waals surface area contributed by atoms with Crippen molar-refractivity contribution in [1.29, 1.82) is 0 Å². The van der Waals surface area contributed by atoms with Gasteiger partial charge in [0.05, 0.1) is 18.4 Å². The molecule has 23 heavy (non-hydrogen) atoms. The van der Waals surface area contributed by atoms with E-state index in [2.05, 4.69) is 4.98 Å². The van der Waals surface area contributed by atoms with E-state index < -0.39 is 24.6 Å². The number of fused-ring (bicyclic) bond motifs is 2. The molecule has 2 bridgehead atoms. The fourth-order valence-corrected chi connectivity index (χ4v) is 3.41. The van der Waals surface area contributed by atoms with Crippen LogP contribution in [-0.2, 0) is 6.18 Å². The average molecular weight is 339 g/mol. The second-order valence-corrected chi connectivity index (χ2v) is 5.98. The number of hydrogen-bond acceptors (Lipinski definition) is 3. The maximum atomic E-state index is 12.6. The molecular weight excluding hydrogens is 324 g/mol. The van der Waals surface area contributed by atoms with Gasteiger partial charge in [-0.2, -0.15) is 26.3 Å². The van der Waals surface area contributed by atoms with Crippen LogP contribution < -0.4 is 4.90 Å². The van der Waals surface area contributed by atoms with Crippen LogP contribution in [0, 0.1) is 0 Å². The van der Waals surface area contributed by atoms with Crippen molar-refractivity contribution < 1.29 is 26.3 Å². The van der Waals surface area contributed by atoms with Gasteiger partial charge in [0.1, 0.15) is 5.69 Å². The van der Waals surface area contributed by atoms with Gasteiger partial charge in [-0.1, -0.05) is 0 Å². The molecule has 9 heteroatoms. The summed E-state index contributed by atoms with van der Waals surface area (Å²) in [4.78, 5) is 6.70. The first-order chi connectivity index (χ1) is 10.6. The van der Waals surface area contributed by atoms with Gasteiger partial charge in [0.25, 0.3) is 0 Å². The first kappa shape index (κ1) is 16.4. The first-order valence-corrected chi connectivity index (χ1v) is 7.24. The quantitative estimate of drug-likeness (QED) is 0.771. The topological polar surface area (TPSA) is 19.4 Å². The number of aromatic nitrogens is 1. The Kier molecular flexibility index (Phi) is 3.94. The van der Waals surface area contributed by atoms with Crippen LogP contribution in [0.5, 0.6) is 0 Å². The minimum Gasteiger partial charge on any atom is -0.367 e. The Hall–Kier alpha value is -1.51. The third kappa shape index (κ3) is 3.54. The zero-order chi connectivity index (χ0) is 16.8. The number of pyridine rings is 1. The second-order valence-electron chi connectivity index (χ2n) is 5.98. The van der Waals surface area contributed by atoms with Crippen molar-refractivity contribution in [3.8, 4) is 0 Å². The molecular formula is C14H15F6N3. The molecule has 0 spiro atoms. The lowest BCUT2D eigenvalue weighted by Crippen LogP contribution is -2.56. The van der Waals surface area contributed by atoms with Crippen molar-refractivity contribution in [1.82, 2.24) is 9.88 Å². The number of piperazine rings is 1. The highest BCUT2D eigenvalue weighted by Crippen LogP contribution is 2.35. The molecule has 0 saturated carbocycles. The standard InChI is InChI=1S/C14H15F6N3/c15-13(16,17)8-23-10-1-2-11(23)7-22(6-10)9-3-4-12(21-5-9)14(18,19)20/h3-5,10-11H,1-2,6-8H2. The number of anilines is 1. The van der Waals surface area contributed by atoms with E-state index in [0.717, 1.165) is 12.3 Å². The monoisotopic (exact) mass is 339 g/mol. The SMILES string of the molecule is FC(F)(F)CN1C2CCC1CN(c1ccc(C(F)(F)F)nc1)C2. The van der Waals surface area contributed by atoms with Crippen molar-refractivity contribution in [2.24, 2.45) is 0 Å². The summed E-state index contributed by atoms with van der Waals surface area (Å²) in [5.41, 5.74) is -0.457. The summed E-state index contributed by atoms with van der Waals surface area (Å²) in [6.07, 6.45) is -6.25. The van der Waals surface area contributed by atoms with Crippen LogP contribution in [0.1, 0.15) is 18.5 Å².